The number of alkyl halides is 3. The predicted octanol–water partition coefficient (Wildman–Crippen LogP) is 2.97. The zero-order chi connectivity index (χ0) is 18.6. The van der Waals surface area contributed by atoms with Gasteiger partial charge in [0.05, 0.1) is 10.7 Å². The molecule has 25 heavy (non-hydrogen) atoms. The van der Waals surface area contributed by atoms with Crippen LogP contribution in [0.2, 0.25) is 5.02 Å². The minimum absolute atomic E-state index is 0.155. The van der Waals surface area contributed by atoms with Crippen LogP contribution < -0.4 is 5.32 Å². The third-order valence-electron chi connectivity index (χ3n) is 3.59. The van der Waals surface area contributed by atoms with E-state index in [-0.39, 0.29) is 12.3 Å². The molecule has 10 heteroatoms. The maximum Gasteiger partial charge on any atom is 0.435 e. The topological polar surface area (TPSA) is 64.7 Å². The van der Waals surface area contributed by atoms with Crippen molar-refractivity contribution in [3.05, 3.63) is 34.4 Å². The van der Waals surface area contributed by atoms with E-state index in [9.17, 15) is 18.0 Å². The Balaban J connectivity index is 1.70. The van der Waals surface area contributed by atoms with Crippen molar-refractivity contribution < 1.29 is 18.0 Å². The van der Waals surface area contributed by atoms with Gasteiger partial charge in [-0.1, -0.05) is 11.6 Å². The highest BCUT2D eigenvalue weighted by molar-refractivity contribution is 6.31. The fourth-order valence-electron chi connectivity index (χ4n) is 2.24. The molecule has 1 amide bonds. The molecule has 6 nitrogen and oxygen atoms in total. The van der Waals surface area contributed by atoms with Gasteiger partial charge in [-0.05, 0) is 26.3 Å². The highest BCUT2D eigenvalue weighted by atomic mass is 35.5. The number of aryl methyl sites for hydroxylation is 4. The van der Waals surface area contributed by atoms with E-state index in [1.54, 1.807) is 24.7 Å². The molecular formula is C15H19ClF3N5O. The molecule has 0 fully saturated rings. The lowest BCUT2D eigenvalue weighted by Crippen LogP contribution is -2.26. The van der Waals surface area contributed by atoms with Crippen LogP contribution in [-0.2, 0) is 24.1 Å². The molecule has 0 aliphatic carbocycles. The van der Waals surface area contributed by atoms with Gasteiger partial charge in [0.15, 0.2) is 5.69 Å². The summed E-state index contributed by atoms with van der Waals surface area (Å²) in [7, 11) is 0. The summed E-state index contributed by atoms with van der Waals surface area (Å²) in [4.78, 5) is 11.8. The summed E-state index contributed by atoms with van der Waals surface area (Å²) in [5, 5.41) is 11.0. The Kier molecular flexibility index (Phi) is 6.10. The van der Waals surface area contributed by atoms with Crippen LogP contribution in [0.3, 0.4) is 0 Å². The predicted molar refractivity (Wildman–Crippen MR) is 86.2 cm³/mol. The Morgan fingerprint density at radius 2 is 2.00 bits per heavy atom. The molecule has 1 N–H and O–H groups in total. The molecule has 2 rings (SSSR count). The summed E-state index contributed by atoms with van der Waals surface area (Å²) in [5.74, 6) is -0.155. The summed E-state index contributed by atoms with van der Waals surface area (Å²) >= 11 is 5.89. The molecular weight excluding hydrogens is 359 g/mol. The third-order valence-corrected chi connectivity index (χ3v) is 3.97. The first-order valence-corrected chi connectivity index (χ1v) is 8.12. The smallest absolute Gasteiger partial charge is 0.356 e. The van der Waals surface area contributed by atoms with Gasteiger partial charge in [0.2, 0.25) is 5.91 Å². The van der Waals surface area contributed by atoms with Gasteiger partial charge < -0.3 is 5.32 Å². The Morgan fingerprint density at radius 3 is 2.56 bits per heavy atom. The van der Waals surface area contributed by atoms with Crippen molar-refractivity contribution in [3.63, 3.8) is 0 Å². The van der Waals surface area contributed by atoms with Gasteiger partial charge >= 0.3 is 6.18 Å². The van der Waals surface area contributed by atoms with Crippen molar-refractivity contribution in [1.82, 2.24) is 24.9 Å². The van der Waals surface area contributed by atoms with Gasteiger partial charge in [0, 0.05) is 37.9 Å². The monoisotopic (exact) mass is 377 g/mol. The molecule has 2 heterocycles. The molecule has 0 aliphatic rings. The summed E-state index contributed by atoms with van der Waals surface area (Å²) in [6, 6.07) is 1.01. The number of hydrogen-bond donors (Lipinski definition) is 1. The molecule has 0 saturated heterocycles. The molecule has 2 aromatic heterocycles. The first-order chi connectivity index (χ1) is 11.7. The van der Waals surface area contributed by atoms with Gasteiger partial charge in [-0.2, -0.15) is 23.4 Å². The molecule has 0 atom stereocenters. The number of aromatic nitrogens is 4. The van der Waals surface area contributed by atoms with Gasteiger partial charge in [0.25, 0.3) is 0 Å². The van der Waals surface area contributed by atoms with Gasteiger partial charge in [-0.25, -0.2) is 0 Å². The van der Waals surface area contributed by atoms with Crippen LogP contribution in [-0.4, -0.2) is 32.0 Å². The fraction of sp³-hybridized carbons (Fsp3) is 0.533. The first kappa shape index (κ1) is 19.3. The van der Waals surface area contributed by atoms with E-state index in [1.165, 1.54) is 4.68 Å². The molecule has 138 valence electrons. The zero-order valence-corrected chi connectivity index (χ0v) is 14.7. The summed E-state index contributed by atoms with van der Waals surface area (Å²) in [6.07, 6.45) is -2.06. The molecule has 2 aromatic rings. The van der Waals surface area contributed by atoms with E-state index < -0.39 is 11.9 Å². The van der Waals surface area contributed by atoms with E-state index in [0.29, 0.717) is 42.5 Å². The highest BCUT2D eigenvalue weighted by Gasteiger charge is 2.34. The number of halogens is 4. The average molecular weight is 378 g/mol. The van der Waals surface area contributed by atoms with E-state index >= 15 is 0 Å². The Bertz CT molecular complexity index is 719. The highest BCUT2D eigenvalue weighted by Crippen LogP contribution is 2.28. The molecule has 0 aromatic carbocycles. The maximum atomic E-state index is 12.6. The number of nitrogens with zero attached hydrogens (tertiary/aromatic N) is 4. The molecule has 0 saturated carbocycles. The Labute approximate surface area is 147 Å². The van der Waals surface area contributed by atoms with Gasteiger partial charge in [-0.15, -0.1) is 0 Å². The van der Waals surface area contributed by atoms with Crippen molar-refractivity contribution in [2.75, 3.05) is 6.54 Å². The molecule has 0 aliphatic heterocycles. The van der Waals surface area contributed by atoms with Crippen LogP contribution in [0.5, 0.6) is 0 Å². The van der Waals surface area contributed by atoms with Crippen molar-refractivity contribution in [2.24, 2.45) is 0 Å². The van der Waals surface area contributed by atoms with Crippen LogP contribution in [0.4, 0.5) is 13.2 Å². The summed E-state index contributed by atoms with van der Waals surface area (Å²) in [5.41, 5.74) is 0.238. The standard InChI is InChI=1S/C15H19ClF3N5O/c1-10-8-13(15(17,18)19)22-24(10)6-3-5-20-14(25)4-7-23-9-12(16)11(2)21-23/h8-9H,3-7H2,1-2H3,(H,20,25). The lowest BCUT2D eigenvalue weighted by Gasteiger charge is -2.07. The first-order valence-electron chi connectivity index (χ1n) is 7.74. The molecule has 0 bridgehead atoms. The maximum absolute atomic E-state index is 12.6. The lowest BCUT2D eigenvalue weighted by molar-refractivity contribution is -0.141. The zero-order valence-electron chi connectivity index (χ0n) is 13.9. The van der Waals surface area contributed by atoms with E-state index in [0.717, 1.165) is 6.07 Å². The van der Waals surface area contributed by atoms with Crippen LogP contribution in [0.1, 0.15) is 29.9 Å². The molecule has 0 spiro atoms. The van der Waals surface area contributed by atoms with Crippen LogP contribution in [0, 0.1) is 13.8 Å². The number of amides is 1. The number of hydrogen-bond acceptors (Lipinski definition) is 3. The quantitative estimate of drug-likeness (QED) is 0.754. The second-order valence-electron chi connectivity index (χ2n) is 5.67. The lowest BCUT2D eigenvalue weighted by atomic mass is 10.3. The van der Waals surface area contributed by atoms with Crippen molar-refractivity contribution in [1.29, 1.82) is 0 Å². The molecule has 0 unspecified atom stereocenters. The van der Waals surface area contributed by atoms with E-state index in [4.69, 9.17) is 11.6 Å². The van der Waals surface area contributed by atoms with E-state index in [2.05, 4.69) is 15.5 Å². The second kappa shape index (κ2) is 7.90. The number of carbonyl (C=O) groups is 1. The summed E-state index contributed by atoms with van der Waals surface area (Å²) < 4.78 is 40.6. The van der Waals surface area contributed by atoms with Crippen LogP contribution in [0.15, 0.2) is 12.3 Å². The van der Waals surface area contributed by atoms with Crippen molar-refractivity contribution in [3.8, 4) is 0 Å². The average Bonchev–Trinajstić information content (AvgIpc) is 3.04. The Hall–Kier alpha value is -2.03. The van der Waals surface area contributed by atoms with Crippen molar-refractivity contribution in [2.45, 2.75) is 46.0 Å². The second-order valence-corrected chi connectivity index (χ2v) is 6.08. The van der Waals surface area contributed by atoms with Crippen LogP contribution in [0.25, 0.3) is 0 Å². The number of rotatable bonds is 7. The van der Waals surface area contributed by atoms with E-state index in [1.807, 2.05) is 0 Å². The SMILES string of the molecule is Cc1nn(CCC(=O)NCCCn2nc(C(F)(F)F)cc2C)cc1Cl. The minimum Gasteiger partial charge on any atom is -0.356 e. The summed E-state index contributed by atoms with van der Waals surface area (Å²) in [6.45, 7) is 4.42. The fourth-order valence-corrected chi connectivity index (χ4v) is 2.39. The molecule has 0 radical (unpaired) electrons. The number of carbonyl (C=O) groups excluding carboxylic acids is 1. The van der Waals surface area contributed by atoms with Crippen molar-refractivity contribution >= 4 is 17.5 Å². The van der Waals surface area contributed by atoms with Gasteiger partial charge in [0.1, 0.15) is 0 Å². The van der Waals surface area contributed by atoms with Gasteiger partial charge in [-0.3, -0.25) is 14.2 Å². The largest absolute Gasteiger partial charge is 0.435 e. The van der Waals surface area contributed by atoms with Crippen LogP contribution >= 0.6 is 11.6 Å². The number of nitrogens with one attached hydrogen (secondary N) is 1. The minimum atomic E-state index is -4.45. The normalized spacial score (nSPS) is 11.8. The third kappa shape index (κ3) is 5.48. The Morgan fingerprint density at radius 1 is 1.28 bits per heavy atom.